The molecule has 0 aromatic heterocycles. The zero-order valence-electron chi connectivity index (χ0n) is 7.08. The van der Waals surface area contributed by atoms with Crippen LogP contribution in [-0.2, 0) is 14.3 Å². The van der Waals surface area contributed by atoms with Gasteiger partial charge >= 0.3 is 5.97 Å². The minimum atomic E-state index is -1.08. The van der Waals surface area contributed by atoms with E-state index in [9.17, 15) is 4.79 Å². The number of rotatable bonds is 5. The molecule has 69 valence electrons. The monoisotopic (exact) mass is 173 g/mol. The Morgan fingerprint density at radius 1 is 1.58 bits per heavy atom. The number of esters is 1. The average Bonchev–Trinajstić information content (AvgIpc) is 1.97. The second-order valence-corrected chi connectivity index (χ2v) is 2.24. The lowest BCUT2D eigenvalue weighted by molar-refractivity contribution is -0.143. The van der Waals surface area contributed by atoms with Crippen LogP contribution >= 0.6 is 0 Å². The summed E-state index contributed by atoms with van der Waals surface area (Å²) >= 11 is 0. The van der Waals surface area contributed by atoms with Gasteiger partial charge in [-0.2, -0.15) is 0 Å². The third-order valence-corrected chi connectivity index (χ3v) is 0.975. The molecule has 4 nitrogen and oxygen atoms in total. The summed E-state index contributed by atoms with van der Waals surface area (Å²) in [6.45, 7) is 8.34. The first kappa shape index (κ1) is 11.1. The van der Waals surface area contributed by atoms with Gasteiger partial charge in [-0.3, -0.25) is 0 Å². The zero-order valence-corrected chi connectivity index (χ0v) is 7.08. The van der Waals surface area contributed by atoms with Crippen LogP contribution in [0.2, 0.25) is 0 Å². The summed E-state index contributed by atoms with van der Waals surface area (Å²) in [5.41, 5.74) is 0.338. The van der Waals surface area contributed by atoms with Gasteiger partial charge < -0.3 is 14.6 Å². The van der Waals surface area contributed by atoms with E-state index in [1.807, 2.05) is 0 Å². The lowest BCUT2D eigenvalue weighted by atomic mass is 10.4. The van der Waals surface area contributed by atoms with Gasteiger partial charge in [-0.15, -0.1) is 0 Å². The number of hydrogen-bond acceptors (Lipinski definition) is 4. The number of carbonyl (C=O) groups excluding carboxylic acids is 1. The van der Waals surface area contributed by atoms with Crippen molar-refractivity contribution in [2.45, 2.75) is 13.2 Å². The van der Waals surface area contributed by atoms with E-state index in [0.29, 0.717) is 5.57 Å². The Hall–Kier alpha value is -0.870. The molecule has 1 atom stereocenters. The molecular weight excluding hydrogens is 160 g/mol. The summed E-state index contributed by atoms with van der Waals surface area (Å²) in [5.74, 6) is -0.461. The van der Waals surface area contributed by atoms with Crippen molar-refractivity contribution < 1.29 is 19.4 Å². The predicted octanol–water partition coefficient (Wildman–Crippen LogP) is 0.275. The van der Waals surface area contributed by atoms with E-state index in [4.69, 9.17) is 5.11 Å². The highest BCUT2D eigenvalue weighted by Crippen LogP contribution is 1.92. The van der Waals surface area contributed by atoms with Crippen molar-refractivity contribution in [1.29, 1.82) is 0 Å². The molecule has 4 heteroatoms. The van der Waals surface area contributed by atoms with E-state index < -0.39 is 12.3 Å². The largest absolute Gasteiger partial charge is 0.460 e. The zero-order chi connectivity index (χ0) is 9.56. The fourth-order valence-electron chi connectivity index (χ4n) is 0.442. The molecule has 1 radical (unpaired) electrons. The van der Waals surface area contributed by atoms with Gasteiger partial charge in [-0.05, 0) is 6.92 Å². The Morgan fingerprint density at radius 2 is 2.17 bits per heavy atom. The molecular formula is C8H13O4. The Kier molecular flexibility index (Phi) is 5.32. The predicted molar refractivity (Wildman–Crippen MR) is 43.1 cm³/mol. The van der Waals surface area contributed by atoms with Crippen molar-refractivity contribution >= 4 is 5.97 Å². The molecule has 0 heterocycles. The Morgan fingerprint density at radius 3 is 2.58 bits per heavy atom. The summed E-state index contributed by atoms with van der Waals surface area (Å²) < 4.78 is 9.26. The van der Waals surface area contributed by atoms with Crippen molar-refractivity contribution in [2.75, 3.05) is 13.2 Å². The van der Waals surface area contributed by atoms with E-state index in [-0.39, 0.29) is 13.2 Å². The maximum atomic E-state index is 10.7. The van der Waals surface area contributed by atoms with Crippen LogP contribution in [0.25, 0.3) is 0 Å². The molecule has 0 saturated heterocycles. The molecule has 0 aliphatic carbocycles. The first-order valence-corrected chi connectivity index (χ1v) is 3.49. The van der Waals surface area contributed by atoms with Crippen molar-refractivity contribution in [1.82, 2.24) is 0 Å². The molecule has 0 rings (SSSR count). The maximum Gasteiger partial charge on any atom is 0.333 e. The van der Waals surface area contributed by atoms with Crippen molar-refractivity contribution in [2.24, 2.45) is 0 Å². The van der Waals surface area contributed by atoms with E-state index >= 15 is 0 Å². The van der Waals surface area contributed by atoms with Crippen LogP contribution in [0.5, 0.6) is 0 Å². The van der Waals surface area contributed by atoms with Crippen molar-refractivity contribution in [3.8, 4) is 0 Å². The SMILES string of the molecule is [CH2]C(O)OCCOC(=O)C(=C)C. The van der Waals surface area contributed by atoms with Crippen LogP contribution in [0.1, 0.15) is 6.92 Å². The van der Waals surface area contributed by atoms with E-state index in [1.165, 1.54) is 0 Å². The summed E-state index contributed by atoms with van der Waals surface area (Å²) in [6.07, 6.45) is -1.08. The fourth-order valence-corrected chi connectivity index (χ4v) is 0.442. The third kappa shape index (κ3) is 5.88. The minimum Gasteiger partial charge on any atom is -0.460 e. The second-order valence-electron chi connectivity index (χ2n) is 2.24. The van der Waals surface area contributed by atoms with Gasteiger partial charge in [0.1, 0.15) is 6.61 Å². The van der Waals surface area contributed by atoms with Gasteiger partial charge in [0.25, 0.3) is 0 Å². The minimum absolute atomic E-state index is 0.0955. The van der Waals surface area contributed by atoms with Gasteiger partial charge in [0, 0.05) is 12.5 Å². The summed E-state index contributed by atoms with van der Waals surface area (Å²) in [5, 5.41) is 8.54. The van der Waals surface area contributed by atoms with Crippen LogP contribution in [0.15, 0.2) is 12.2 Å². The standard InChI is InChI=1S/C8H13O4/c1-6(2)8(10)12-5-4-11-7(3)9/h7,9H,1,3-5H2,2H3. The number of carbonyl (C=O) groups is 1. The van der Waals surface area contributed by atoms with Gasteiger partial charge in [0.05, 0.1) is 6.61 Å². The smallest absolute Gasteiger partial charge is 0.333 e. The second kappa shape index (κ2) is 5.74. The molecule has 0 aliphatic rings. The molecule has 1 unspecified atom stereocenters. The van der Waals surface area contributed by atoms with Crippen LogP contribution in [-0.4, -0.2) is 30.6 Å². The van der Waals surface area contributed by atoms with E-state index in [1.54, 1.807) is 6.92 Å². The lowest BCUT2D eigenvalue weighted by Gasteiger charge is -2.06. The van der Waals surface area contributed by atoms with E-state index in [2.05, 4.69) is 23.0 Å². The molecule has 0 amide bonds. The summed E-state index contributed by atoms with van der Waals surface area (Å²) in [7, 11) is 0. The normalized spacial score (nSPS) is 12.2. The summed E-state index contributed by atoms with van der Waals surface area (Å²) in [6, 6.07) is 0. The molecule has 0 aromatic rings. The molecule has 1 N–H and O–H groups in total. The molecule has 0 fully saturated rings. The van der Waals surface area contributed by atoms with Gasteiger partial charge in [0.2, 0.25) is 0 Å². The lowest BCUT2D eigenvalue weighted by Crippen LogP contribution is -2.15. The third-order valence-electron chi connectivity index (χ3n) is 0.975. The van der Waals surface area contributed by atoms with Crippen LogP contribution in [0.4, 0.5) is 0 Å². The Bertz CT molecular complexity index is 162. The first-order chi connectivity index (χ1) is 5.54. The number of ether oxygens (including phenoxy) is 2. The Balaban J connectivity index is 3.32. The highest BCUT2D eigenvalue weighted by atomic mass is 16.6. The number of hydrogen-bond donors (Lipinski definition) is 1. The van der Waals surface area contributed by atoms with Crippen molar-refractivity contribution in [3.05, 3.63) is 19.1 Å². The highest BCUT2D eigenvalue weighted by Gasteiger charge is 2.02. The Labute approximate surface area is 71.8 Å². The topological polar surface area (TPSA) is 55.8 Å². The van der Waals surface area contributed by atoms with Crippen LogP contribution in [0.3, 0.4) is 0 Å². The van der Waals surface area contributed by atoms with Gasteiger partial charge in [0.15, 0.2) is 6.29 Å². The highest BCUT2D eigenvalue weighted by molar-refractivity contribution is 5.86. The van der Waals surface area contributed by atoms with Crippen LogP contribution < -0.4 is 0 Å². The van der Waals surface area contributed by atoms with Crippen LogP contribution in [0, 0.1) is 6.92 Å². The van der Waals surface area contributed by atoms with E-state index in [0.717, 1.165) is 0 Å². The molecule has 0 aromatic carbocycles. The summed E-state index contributed by atoms with van der Waals surface area (Å²) in [4.78, 5) is 10.7. The quantitative estimate of drug-likeness (QED) is 0.281. The number of aliphatic hydroxyl groups excluding tert-OH is 1. The molecule has 0 aliphatic heterocycles. The molecule has 0 bridgehead atoms. The van der Waals surface area contributed by atoms with Gasteiger partial charge in [-0.25, -0.2) is 4.79 Å². The number of aliphatic hydroxyl groups is 1. The molecule has 0 saturated carbocycles. The van der Waals surface area contributed by atoms with Gasteiger partial charge in [-0.1, -0.05) is 6.58 Å². The fraction of sp³-hybridized carbons (Fsp3) is 0.500. The van der Waals surface area contributed by atoms with Crippen molar-refractivity contribution in [3.63, 3.8) is 0 Å². The first-order valence-electron chi connectivity index (χ1n) is 3.49. The average molecular weight is 173 g/mol. The molecule has 12 heavy (non-hydrogen) atoms. The molecule has 0 spiro atoms. The maximum absolute atomic E-state index is 10.7.